The van der Waals surface area contributed by atoms with Gasteiger partial charge in [-0.25, -0.2) is 0 Å². The Morgan fingerprint density at radius 3 is 2.65 bits per heavy atom. The smallest absolute Gasteiger partial charge is 0.119 e. The molecule has 0 aromatic heterocycles. The number of ether oxygens (including phenoxy) is 1. The molecule has 2 aromatic carbocycles. The van der Waals surface area contributed by atoms with E-state index in [2.05, 4.69) is 43.3 Å². The van der Waals surface area contributed by atoms with Gasteiger partial charge in [0, 0.05) is 6.04 Å². The summed E-state index contributed by atoms with van der Waals surface area (Å²) in [5.74, 6) is 0.897. The first-order valence-corrected chi connectivity index (χ1v) is 7.12. The molecule has 1 unspecified atom stereocenters. The van der Waals surface area contributed by atoms with Crippen LogP contribution in [-0.4, -0.2) is 13.2 Å². The second-order valence-corrected chi connectivity index (χ2v) is 5.28. The van der Waals surface area contributed by atoms with Crippen molar-refractivity contribution in [2.24, 2.45) is 5.73 Å². The maximum atomic E-state index is 6.25. The number of rotatable bonds is 6. The lowest BCUT2D eigenvalue weighted by atomic mass is 9.97. The Bertz CT molecular complexity index is 551. The maximum Gasteiger partial charge on any atom is 0.119 e. The highest BCUT2D eigenvalue weighted by atomic mass is 16.5. The van der Waals surface area contributed by atoms with Crippen molar-refractivity contribution in [2.45, 2.75) is 32.2 Å². The zero-order valence-electron chi connectivity index (χ0n) is 12.3. The molecular formula is C18H23NO. The maximum absolute atomic E-state index is 6.25. The number of nitrogens with two attached hydrogens (primary N) is 1. The minimum atomic E-state index is 0.182. The standard InChI is InChI=1S/C18H23NO/c1-14-6-3-4-8-16(14)10-11-17(19)12-15-7-5-9-18(13-15)20-2/h3-9,13,17H,10-12,19H2,1-2H3. The van der Waals surface area contributed by atoms with E-state index in [4.69, 9.17) is 10.5 Å². The van der Waals surface area contributed by atoms with Crippen LogP contribution in [0.1, 0.15) is 23.1 Å². The zero-order chi connectivity index (χ0) is 14.4. The monoisotopic (exact) mass is 269 g/mol. The first kappa shape index (κ1) is 14.6. The highest BCUT2D eigenvalue weighted by Crippen LogP contribution is 2.16. The summed E-state index contributed by atoms with van der Waals surface area (Å²) in [6.45, 7) is 2.16. The molecule has 2 heteroatoms. The van der Waals surface area contributed by atoms with E-state index in [0.29, 0.717) is 0 Å². The number of hydrogen-bond donors (Lipinski definition) is 1. The van der Waals surface area contributed by atoms with Gasteiger partial charge in [-0.2, -0.15) is 0 Å². The Morgan fingerprint density at radius 1 is 1.10 bits per heavy atom. The molecule has 0 saturated carbocycles. The molecule has 2 nitrogen and oxygen atoms in total. The Morgan fingerprint density at radius 2 is 1.90 bits per heavy atom. The van der Waals surface area contributed by atoms with Crippen LogP contribution in [0.25, 0.3) is 0 Å². The predicted octanol–water partition coefficient (Wildman–Crippen LogP) is 3.51. The Labute approximate surface area is 121 Å². The summed E-state index contributed by atoms with van der Waals surface area (Å²) in [6.07, 6.45) is 2.93. The van der Waals surface area contributed by atoms with Crippen LogP contribution >= 0.6 is 0 Å². The average Bonchev–Trinajstić information content (AvgIpc) is 2.46. The molecule has 2 rings (SSSR count). The first-order valence-electron chi connectivity index (χ1n) is 7.12. The van der Waals surface area contributed by atoms with Crippen molar-refractivity contribution >= 4 is 0 Å². The van der Waals surface area contributed by atoms with E-state index in [9.17, 15) is 0 Å². The van der Waals surface area contributed by atoms with Gasteiger partial charge in [-0.3, -0.25) is 0 Å². The molecule has 1 atom stereocenters. The predicted molar refractivity (Wildman–Crippen MR) is 84.2 cm³/mol. The second-order valence-electron chi connectivity index (χ2n) is 5.28. The van der Waals surface area contributed by atoms with Gasteiger partial charge in [-0.1, -0.05) is 36.4 Å². The Balaban J connectivity index is 1.89. The minimum Gasteiger partial charge on any atom is -0.497 e. The van der Waals surface area contributed by atoms with E-state index in [-0.39, 0.29) is 6.04 Å². The van der Waals surface area contributed by atoms with Gasteiger partial charge in [0.1, 0.15) is 5.75 Å². The number of benzene rings is 2. The van der Waals surface area contributed by atoms with Gasteiger partial charge < -0.3 is 10.5 Å². The topological polar surface area (TPSA) is 35.2 Å². The summed E-state index contributed by atoms with van der Waals surface area (Å²) in [6, 6.07) is 16.8. The molecule has 0 fully saturated rings. The molecule has 0 amide bonds. The highest BCUT2D eigenvalue weighted by Gasteiger charge is 2.06. The van der Waals surface area contributed by atoms with E-state index < -0.39 is 0 Å². The lowest BCUT2D eigenvalue weighted by Crippen LogP contribution is -2.23. The summed E-state index contributed by atoms with van der Waals surface area (Å²) in [5, 5.41) is 0. The van der Waals surface area contributed by atoms with E-state index in [0.717, 1.165) is 25.0 Å². The van der Waals surface area contributed by atoms with Crippen molar-refractivity contribution in [3.8, 4) is 5.75 Å². The van der Waals surface area contributed by atoms with Crippen LogP contribution in [-0.2, 0) is 12.8 Å². The van der Waals surface area contributed by atoms with Gasteiger partial charge >= 0.3 is 0 Å². The van der Waals surface area contributed by atoms with Crippen LogP contribution in [0.3, 0.4) is 0 Å². The van der Waals surface area contributed by atoms with Gasteiger partial charge in [0.15, 0.2) is 0 Å². The summed E-state index contributed by atoms with van der Waals surface area (Å²) in [5.41, 5.74) is 10.2. The SMILES string of the molecule is COc1cccc(CC(N)CCc2ccccc2C)c1. The van der Waals surface area contributed by atoms with Gasteiger partial charge in [-0.15, -0.1) is 0 Å². The van der Waals surface area contributed by atoms with Crippen molar-refractivity contribution in [3.63, 3.8) is 0 Å². The van der Waals surface area contributed by atoms with Crippen molar-refractivity contribution < 1.29 is 4.74 Å². The molecule has 0 aliphatic carbocycles. The largest absolute Gasteiger partial charge is 0.497 e. The van der Waals surface area contributed by atoms with Gasteiger partial charge in [0.25, 0.3) is 0 Å². The lowest BCUT2D eigenvalue weighted by molar-refractivity contribution is 0.414. The fourth-order valence-electron chi connectivity index (χ4n) is 2.44. The molecule has 0 radical (unpaired) electrons. The molecule has 0 spiro atoms. The van der Waals surface area contributed by atoms with Crippen molar-refractivity contribution in [3.05, 3.63) is 65.2 Å². The minimum absolute atomic E-state index is 0.182. The van der Waals surface area contributed by atoms with Gasteiger partial charge in [0.2, 0.25) is 0 Å². The number of hydrogen-bond acceptors (Lipinski definition) is 2. The van der Waals surface area contributed by atoms with Gasteiger partial charge in [0.05, 0.1) is 7.11 Å². The fraction of sp³-hybridized carbons (Fsp3) is 0.333. The molecule has 20 heavy (non-hydrogen) atoms. The highest BCUT2D eigenvalue weighted by molar-refractivity contribution is 5.29. The molecule has 0 aliphatic heterocycles. The average molecular weight is 269 g/mol. The molecule has 0 heterocycles. The van der Waals surface area contributed by atoms with Crippen molar-refractivity contribution in [2.75, 3.05) is 7.11 Å². The molecule has 0 aliphatic rings. The number of methoxy groups -OCH3 is 1. The lowest BCUT2D eigenvalue weighted by Gasteiger charge is -2.13. The molecule has 106 valence electrons. The second kappa shape index (κ2) is 7.11. The van der Waals surface area contributed by atoms with Crippen LogP contribution in [0.2, 0.25) is 0 Å². The zero-order valence-corrected chi connectivity index (χ0v) is 12.3. The third kappa shape index (κ3) is 4.10. The number of aryl methyl sites for hydroxylation is 2. The molecule has 2 aromatic rings. The molecule has 0 bridgehead atoms. The Kier molecular flexibility index (Phi) is 5.19. The van der Waals surface area contributed by atoms with Crippen LogP contribution in [0.4, 0.5) is 0 Å². The van der Waals surface area contributed by atoms with E-state index >= 15 is 0 Å². The molecule has 2 N–H and O–H groups in total. The summed E-state index contributed by atoms with van der Waals surface area (Å²) in [4.78, 5) is 0. The van der Waals surface area contributed by atoms with E-state index in [1.165, 1.54) is 16.7 Å². The molecule has 0 saturated heterocycles. The third-order valence-corrected chi connectivity index (χ3v) is 3.68. The van der Waals surface area contributed by atoms with E-state index in [1.807, 2.05) is 12.1 Å². The first-order chi connectivity index (χ1) is 9.69. The van der Waals surface area contributed by atoms with Crippen LogP contribution in [0.15, 0.2) is 48.5 Å². The van der Waals surface area contributed by atoms with Gasteiger partial charge in [-0.05, 0) is 55.0 Å². The third-order valence-electron chi connectivity index (χ3n) is 3.68. The summed E-state index contributed by atoms with van der Waals surface area (Å²) in [7, 11) is 1.69. The van der Waals surface area contributed by atoms with E-state index in [1.54, 1.807) is 7.11 Å². The van der Waals surface area contributed by atoms with Crippen LogP contribution in [0.5, 0.6) is 5.75 Å². The quantitative estimate of drug-likeness (QED) is 0.871. The van der Waals surface area contributed by atoms with Crippen LogP contribution in [0, 0.1) is 6.92 Å². The Hall–Kier alpha value is -1.80. The summed E-state index contributed by atoms with van der Waals surface area (Å²) < 4.78 is 5.24. The summed E-state index contributed by atoms with van der Waals surface area (Å²) >= 11 is 0. The fourth-order valence-corrected chi connectivity index (χ4v) is 2.44. The van der Waals surface area contributed by atoms with Crippen molar-refractivity contribution in [1.82, 2.24) is 0 Å². The molecular weight excluding hydrogens is 246 g/mol. The van der Waals surface area contributed by atoms with Crippen LogP contribution < -0.4 is 10.5 Å². The van der Waals surface area contributed by atoms with Crippen molar-refractivity contribution in [1.29, 1.82) is 0 Å². The normalized spacial score (nSPS) is 12.2.